The number of para-hydroxylation sites is 1. The lowest BCUT2D eigenvalue weighted by Gasteiger charge is -2.23. The first-order valence-electron chi connectivity index (χ1n) is 6.15. The molecule has 1 saturated heterocycles. The van der Waals surface area contributed by atoms with Gasteiger partial charge in [-0.15, -0.1) is 0 Å². The number of aromatic nitrogens is 2. The van der Waals surface area contributed by atoms with Crippen LogP contribution in [-0.2, 0) is 0 Å². The molecule has 0 spiro atoms. The van der Waals surface area contributed by atoms with Crippen LogP contribution < -0.4 is 10.1 Å². The molecule has 1 aromatic carbocycles. The first-order valence-corrected chi connectivity index (χ1v) is 6.15. The monoisotopic (exact) mass is 231 g/mol. The second kappa shape index (κ2) is 4.37. The van der Waals surface area contributed by atoms with E-state index in [9.17, 15) is 0 Å². The lowest BCUT2D eigenvalue weighted by molar-refractivity contribution is 0.164. The molecule has 1 aliphatic rings. The quantitative estimate of drug-likeness (QED) is 0.831. The summed E-state index contributed by atoms with van der Waals surface area (Å²) in [5, 5.41) is 11.8. The van der Waals surface area contributed by atoms with Gasteiger partial charge in [-0.25, -0.2) is 0 Å². The fourth-order valence-corrected chi connectivity index (χ4v) is 2.33. The Kier molecular flexibility index (Phi) is 2.73. The fraction of sp³-hybridized carbons (Fsp3) is 0.462. The molecule has 1 fully saturated rings. The number of fused-ring (bicyclic) bond motifs is 1. The van der Waals surface area contributed by atoms with E-state index in [0.29, 0.717) is 6.10 Å². The van der Waals surface area contributed by atoms with Crippen LogP contribution >= 0.6 is 0 Å². The van der Waals surface area contributed by atoms with Crippen LogP contribution in [0.3, 0.4) is 0 Å². The van der Waals surface area contributed by atoms with Gasteiger partial charge in [0.15, 0.2) is 0 Å². The molecule has 2 heterocycles. The molecule has 1 aromatic heterocycles. The summed E-state index contributed by atoms with van der Waals surface area (Å²) >= 11 is 0. The van der Waals surface area contributed by atoms with Crippen LogP contribution in [0.5, 0.6) is 5.75 Å². The number of piperidine rings is 1. The zero-order valence-electron chi connectivity index (χ0n) is 9.99. The van der Waals surface area contributed by atoms with Crippen molar-refractivity contribution in [2.75, 3.05) is 13.1 Å². The van der Waals surface area contributed by atoms with Crippen LogP contribution in [-0.4, -0.2) is 29.4 Å². The Bertz CT molecular complexity index is 514. The molecule has 0 radical (unpaired) electrons. The minimum atomic E-state index is 0.318. The van der Waals surface area contributed by atoms with Gasteiger partial charge in [-0.3, -0.25) is 5.10 Å². The lowest BCUT2D eigenvalue weighted by Crippen LogP contribution is -2.34. The molecule has 0 aliphatic carbocycles. The highest BCUT2D eigenvalue weighted by Crippen LogP contribution is 2.27. The molecule has 1 aliphatic heterocycles. The number of hydrogen-bond acceptors (Lipinski definition) is 3. The topological polar surface area (TPSA) is 49.9 Å². The molecule has 90 valence electrons. The third-order valence-electron chi connectivity index (χ3n) is 3.32. The number of H-pyrrole nitrogens is 1. The van der Waals surface area contributed by atoms with Gasteiger partial charge < -0.3 is 10.1 Å². The van der Waals surface area contributed by atoms with E-state index in [4.69, 9.17) is 4.74 Å². The zero-order valence-corrected chi connectivity index (χ0v) is 9.99. The number of aromatic amines is 1. The van der Waals surface area contributed by atoms with Crippen molar-refractivity contribution in [1.29, 1.82) is 0 Å². The second-order valence-electron chi connectivity index (χ2n) is 4.57. The van der Waals surface area contributed by atoms with Gasteiger partial charge in [0.25, 0.3) is 0 Å². The van der Waals surface area contributed by atoms with Crippen molar-refractivity contribution in [3.05, 3.63) is 23.9 Å². The summed E-state index contributed by atoms with van der Waals surface area (Å²) in [5.41, 5.74) is 2.04. The van der Waals surface area contributed by atoms with Gasteiger partial charge in [-0.05, 0) is 38.9 Å². The zero-order chi connectivity index (χ0) is 11.7. The van der Waals surface area contributed by atoms with E-state index < -0.39 is 0 Å². The standard InChI is InChI=1S/C13H17N3O/c1-9-11-3-2-4-12(13(11)16-15-9)17-10-5-7-14-8-6-10/h2-4,10,14H,5-8H2,1H3,(H,15,16). The van der Waals surface area contributed by atoms with Gasteiger partial charge in [0.05, 0.1) is 0 Å². The smallest absolute Gasteiger partial charge is 0.147 e. The summed E-state index contributed by atoms with van der Waals surface area (Å²) in [6.07, 6.45) is 2.46. The minimum Gasteiger partial charge on any atom is -0.488 e. The normalized spacial score (nSPS) is 17.5. The summed E-state index contributed by atoms with van der Waals surface area (Å²) in [6.45, 7) is 4.12. The SMILES string of the molecule is Cc1[nH]nc2c(OC3CCNCC3)cccc12. The number of benzene rings is 1. The molecule has 0 atom stereocenters. The van der Waals surface area contributed by atoms with Gasteiger partial charge in [0.1, 0.15) is 17.4 Å². The minimum absolute atomic E-state index is 0.318. The maximum Gasteiger partial charge on any atom is 0.147 e. The number of aryl methyl sites for hydroxylation is 1. The average Bonchev–Trinajstić information content (AvgIpc) is 2.74. The molecule has 2 N–H and O–H groups in total. The Morgan fingerprint density at radius 1 is 1.29 bits per heavy atom. The molecule has 17 heavy (non-hydrogen) atoms. The van der Waals surface area contributed by atoms with Crippen molar-refractivity contribution in [1.82, 2.24) is 15.5 Å². The van der Waals surface area contributed by atoms with Crippen molar-refractivity contribution in [2.24, 2.45) is 0 Å². The van der Waals surface area contributed by atoms with E-state index in [1.807, 2.05) is 19.1 Å². The van der Waals surface area contributed by atoms with Crippen LogP contribution in [0.4, 0.5) is 0 Å². The van der Waals surface area contributed by atoms with Gasteiger partial charge in [0, 0.05) is 11.1 Å². The summed E-state index contributed by atoms with van der Waals surface area (Å²) in [5.74, 6) is 0.902. The van der Waals surface area contributed by atoms with E-state index in [-0.39, 0.29) is 0 Å². The molecule has 4 heteroatoms. The first kappa shape index (κ1) is 10.6. The van der Waals surface area contributed by atoms with E-state index in [2.05, 4.69) is 21.6 Å². The maximum absolute atomic E-state index is 6.06. The van der Waals surface area contributed by atoms with Crippen LogP contribution in [0.1, 0.15) is 18.5 Å². The highest BCUT2D eigenvalue weighted by atomic mass is 16.5. The molecule has 2 aromatic rings. The van der Waals surface area contributed by atoms with Gasteiger partial charge in [-0.1, -0.05) is 12.1 Å². The van der Waals surface area contributed by atoms with E-state index in [1.165, 1.54) is 0 Å². The van der Waals surface area contributed by atoms with Crippen molar-refractivity contribution >= 4 is 10.9 Å². The van der Waals surface area contributed by atoms with Crippen LogP contribution in [0.2, 0.25) is 0 Å². The van der Waals surface area contributed by atoms with E-state index >= 15 is 0 Å². The Labute approximate surface area is 100 Å². The number of ether oxygens (including phenoxy) is 1. The molecule has 0 saturated carbocycles. The largest absolute Gasteiger partial charge is 0.488 e. The molecule has 0 unspecified atom stereocenters. The van der Waals surface area contributed by atoms with Crippen molar-refractivity contribution in [2.45, 2.75) is 25.9 Å². The maximum atomic E-state index is 6.06. The molecule has 4 nitrogen and oxygen atoms in total. The van der Waals surface area contributed by atoms with Gasteiger partial charge in [-0.2, -0.15) is 5.10 Å². The predicted octanol–water partition coefficient (Wildman–Crippen LogP) is 2.00. The summed E-state index contributed by atoms with van der Waals surface area (Å²) in [4.78, 5) is 0. The summed E-state index contributed by atoms with van der Waals surface area (Å²) < 4.78 is 6.06. The number of hydrogen-bond donors (Lipinski definition) is 2. The van der Waals surface area contributed by atoms with Gasteiger partial charge in [0.2, 0.25) is 0 Å². The van der Waals surface area contributed by atoms with E-state index in [1.54, 1.807) is 0 Å². The molecule has 0 amide bonds. The highest BCUT2D eigenvalue weighted by molar-refractivity contribution is 5.86. The third kappa shape index (κ3) is 2.00. The summed E-state index contributed by atoms with van der Waals surface area (Å²) in [6, 6.07) is 6.11. The lowest BCUT2D eigenvalue weighted by atomic mass is 10.1. The van der Waals surface area contributed by atoms with Gasteiger partial charge >= 0.3 is 0 Å². The first-order chi connectivity index (χ1) is 8.34. The Balaban J connectivity index is 1.89. The van der Waals surface area contributed by atoms with E-state index in [0.717, 1.165) is 48.3 Å². The molecule has 0 bridgehead atoms. The second-order valence-corrected chi connectivity index (χ2v) is 4.57. The molecule has 3 rings (SSSR count). The highest BCUT2D eigenvalue weighted by Gasteiger charge is 2.16. The third-order valence-corrected chi connectivity index (χ3v) is 3.32. The Morgan fingerprint density at radius 3 is 2.94 bits per heavy atom. The van der Waals surface area contributed by atoms with Crippen LogP contribution in [0, 0.1) is 6.92 Å². The predicted molar refractivity (Wildman–Crippen MR) is 67.4 cm³/mol. The number of nitrogens with zero attached hydrogens (tertiary/aromatic N) is 1. The number of rotatable bonds is 2. The number of nitrogens with one attached hydrogen (secondary N) is 2. The summed E-state index contributed by atoms with van der Waals surface area (Å²) in [7, 11) is 0. The molecular weight excluding hydrogens is 214 g/mol. The van der Waals surface area contributed by atoms with Crippen molar-refractivity contribution < 1.29 is 4.74 Å². The molecular formula is C13H17N3O. The Hall–Kier alpha value is -1.55. The average molecular weight is 231 g/mol. The Morgan fingerprint density at radius 2 is 2.12 bits per heavy atom. The van der Waals surface area contributed by atoms with Crippen molar-refractivity contribution in [3.8, 4) is 5.75 Å². The van der Waals surface area contributed by atoms with Crippen LogP contribution in [0.15, 0.2) is 18.2 Å². The fourth-order valence-electron chi connectivity index (χ4n) is 2.33. The van der Waals surface area contributed by atoms with Crippen LogP contribution in [0.25, 0.3) is 10.9 Å². The van der Waals surface area contributed by atoms with Crippen molar-refractivity contribution in [3.63, 3.8) is 0 Å².